The van der Waals surface area contributed by atoms with Crippen LogP contribution in [0.1, 0.15) is 12.8 Å². The van der Waals surface area contributed by atoms with Crippen molar-refractivity contribution in [3.05, 3.63) is 0 Å². The molecule has 0 atom stereocenters. The fourth-order valence-electron chi connectivity index (χ4n) is 1.29. The zero-order valence-electron chi connectivity index (χ0n) is 6.70. The van der Waals surface area contributed by atoms with E-state index in [0.29, 0.717) is 12.8 Å². The normalized spacial score (nSPS) is 22.4. The molecule has 1 fully saturated rings. The number of halogens is 3. The third kappa shape index (κ3) is 1.67. The Morgan fingerprint density at radius 1 is 1.27 bits per heavy atom. The van der Waals surface area contributed by atoms with Gasteiger partial charge >= 0.3 is 6.18 Å². The summed E-state index contributed by atoms with van der Waals surface area (Å²) < 4.78 is 36.7. The number of nitrogens with zero attached hydrogens (tertiary/aromatic N) is 1. The molecule has 0 aromatic heterocycles. The van der Waals surface area contributed by atoms with Crippen LogP contribution in [-0.2, 0) is 0 Å². The zero-order chi connectivity index (χ0) is 8.70. The summed E-state index contributed by atoms with van der Waals surface area (Å²) in [6, 6.07) is 0. The highest BCUT2D eigenvalue weighted by molar-refractivity contribution is 5.00. The van der Waals surface area contributed by atoms with Gasteiger partial charge in [-0.25, -0.2) is 0 Å². The van der Waals surface area contributed by atoms with Crippen LogP contribution in [0.2, 0.25) is 0 Å². The van der Waals surface area contributed by atoms with Crippen molar-refractivity contribution >= 4 is 0 Å². The summed E-state index contributed by atoms with van der Waals surface area (Å²) in [5.74, 6) is 0. The highest BCUT2D eigenvalue weighted by atomic mass is 19.4. The fourth-order valence-corrected chi connectivity index (χ4v) is 1.29. The van der Waals surface area contributed by atoms with Gasteiger partial charge in [0.25, 0.3) is 0 Å². The average molecular weight is 167 g/mol. The van der Waals surface area contributed by atoms with E-state index in [2.05, 4.69) is 0 Å². The predicted octanol–water partition coefficient (Wildman–Crippen LogP) is 1.89. The van der Waals surface area contributed by atoms with Gasteiger partial charge in [-0.3, -0.25) is 0 Å². The van der Waals surface area contributed by atoms with Crippen molar-refractivity contribution in [3.8, 4) is 0 Å². The molecule has 0 unspecified atom stereocenters. The summed E-state index contributed by atoms with van der Waals surface area (Å²) in [6.45, 7) is 0.135. The minimum Gasteiger partial charge on any atom is -0.309 e. The van der Waals surface area contributed by atoms with Crippen LogP contribution in [0, 0.1) is 5.41 Å². The molecule has 0 aliphatic heterocycles. The quantitative estimate of drug-likeness (QED) is 0.607. The second-order valence-corrected chi connectivity index (χ2v) is 3.52. The molecular formula is C7H12F3N. The Hall–Kier alpha value is -0.250. The van der Waals surface area contributed by atoms with E-state index in [4.69, 9.17) is 0 Å². The van der Waals surface area contributed by atoms with Crippen molar-refractivity contribution < 1.29 is 13.2 Å². The molecule has 0 amide bonds. The van der Waals surface area contributed by atoms with Gasteiger partial charge in [-0.2, -0.15) is 13.2 Å². The average Bonchev–Trinajstić information content (AvgIpc) is 2.42. The number of hydrogen-bond donors (Lipinski definition) is 0. The van der Waals surface area contributed by atoms with Crippen LogP contribution in [0.3, 0.4) is 0 Å². The fraction of sp³-hybridized carbons (Fsp3) is 1.00. The van der Waals surface area contributed by atoms with Crippen molar-refractivity contribution in [2.75, 3.05) is 20.6 Å². The molecule has 0 radical (unpaired) electrons. The van der Waals surface area contributed by atoms with Gasteiger partial charge in [-0.1, -0.05) is 0 Å². The maximum atomic E-state index is 12.2. The van der Waals surface area contributed by atoms with E-state index in [-0.39, 0.29) is 6.54 Å². The summed E-state index contributed by atoms with van der Waals surface area (Å²) in [5, 5.41) is 0. The van der Waals surface area contributed by atoms with Crippen LogP contribution in [0.4, 0.5) is 13.2 Å². The summed E-state index contributed by atoms with van der Waals surface area (Å²) in [4.78, 5) is 1.60. The van der Waals surface area contributed by atoms with Gasteiger partial charge in [-0.15, -0.1) is 0 Å². The maximum Gasteiger partial charge on any atom is 0.395 e. The molecule has 0 bridgehead atoms. The first-order valence-electron chi connectivity index (χ1n) is 3.59. The van der Waals surface area contributed by atoms with Crippen LogP contribution >= 0.6 is 0 Å². The molecule has 4 heteroatoms. The molecule has 0 N–H and O–H groups in total. The predicted molar refractivity (Wildman–Crippen MR) is 36.3 cm³/mol. The second-order valence-electron chi connectivity index (χ2n) is 3.52. The van der Waals surface area contributed by atoms with Gasteiger partial charge in [0.15, 0.2) is 0 Å². The van der Waals surface area contributed by atoms with E-state index >= 15 is 0 Å². The Labute approximate surface area is 64.2 Å². The zero-order valence-corrected chi connectivity index (χ0v) is 6.70. The maximum absolute atomic E-state index is 12.2. The van der Waals surface area contributed by atoms with Crippen LogP contribution in [-0.4, -0.2) is 31.7 Å². The third-order valence-corrected chi connectivity index (χ3v) is 2.07. The third-order valence-electron chi connectivity index (χ3n) is 2.07. The van der Waals surface area contributed by atoms with E-state index in [1.807, 2.05) is 0 Å². The summed E-state index contributed by atoms with van der Waals surface area (Å²) in [5.41, 5.74) is -1.36. The number of alkyl halides is 3. The molecule has 1 saturated carbocycles. The van der Waals surface area contributed by atoms with E-state index < -0.39 is 11.6 Å². The van der Waals surface area contributed by atoms with Gasteiger partial charge < -0.3 is 4.90 Å². The van der Waals surface area contributed by atoms with Crippen LogP contribution in [0.5, 0.6) is 0 Å². The van der Waals surface area contributed by atoms with Gasteiger partial charge in [-0.05, 0) is 26.9 Å². The van der Waals surface area contributed by atoms with Gasteiger partial charge in [0.05, 0.1) is 5.41 Å². The molecule has 1 rings (SSSR count). The number of hydrogen-bond acceptors (Lipinski definition) is 1. The van der Waals surface area contributed by atoms with Crippen molar-refractivity contribution in [1.82, 2.24) is 4.90 Å². The molecule has 0 heterocycles. The van der Waals surface area contributed by atoms with Crippen LogP contribution < -0.4 is 0 Å². The lowest BCUT2D eigenvalue weighted by Gasteiger charge is -2.22. The molecule has 0 aromatic carbocycles. The standard InChI is InChI=1S/C7H12F3N/c1-11(2)5-6(3-4-6)7(8,9)10/h3-5H2,1-2H3. The second kappa shape index (κ2) is 2.37. The first-order chi connectivity index (χ1) is 4.87. The Morgan fingerprint density at radius 3 is 1.82 bits per heavy atom. The molecule has 1 aliphatic carbocycles. The van der Waals surface area contributed by atoms with Gasteiger partial charge in [0.1, 0.15) is 0 Å². The smallest absolute Gasteiger partial charge is 0.309 e. The van der Waals surface area contributed by atoms with Gasteiger partial charge in [0, 0.05) is 6.54 Å². The summed E-state index contributed by atoms with van der Waals surface area (Å²) in [6.07, 6.45) is -3.40. The molecule has 1 aliphatic rings. The van der Waals surface area contributed by atoms with E-state index in [1.54, 1.807) is 19.0 Å². The first kappa shape index (κ1) is 8.84. The molecule has 0 aromatic rings. The molecule has 66 valence electrons. The van der Waals surface area contributed by atoms with E-state index in [9.17, 15) is 13.2 Å². The van der Waals surface area contributed by atoms with Crippen molar-refractivity contribution in [1.29, 1.82) is 0 Å². The topological polar surface area (TPSA) is 3.24 Å². The van der Waals surface area contributed by atoms with E-state index in [0.717, 1.165) is 0 Å². The Kier molecular flexibility index (Phi) is 1.90. The SMILES string of the molecule is CN(C)CC1(C(F)(F)F)CC1. The van der Waals surface area contributed by atoms with Crippen molar-refractivity contribution in [3.63, 3.8) is 0 Å². The van der Waals surface area contributed by atoms with Crippen molar-refractivity contribution in [2.45, 2.75) is 19.0 Å². The largest absolute Gasteiger partial charge is 0.395 e. The highest BCUT2D eigenvalue weighted by Crippen LogP contribution is 2.57. The number of rotatable bonds is 2. The molecule has 0 spiro atoms. The monoisotopic (exact) mass is 167 g/mol. The molecule has 11 heavy (non-hydrogen) atoms. The van der Waals surface area contributed by atoms with Crippen LogP contribution in [0.25, 0.3) is 0 Å². The Bertz CT molecular complexity index is 146. The van der Waals surface area contributed by atoms with Crippen LogP contribution in [0.15, 0.2) is 0 Å². The lowest BCUT2D eigenvalue weighted by atomic mass is 10.1. The first-order valence-corrected chi connectivity index (χ1v) is 3.59. The summed E-state index contributed by atoms with van der Waals surface area (Å²) >= 11 is 0. The highest BCUT2D eigenvalue weighted by Gasteiger charge is 2.62. The minimum absolute atomic E-state index is 0.135. The minimum atomic E-state index is -4.00. The summed E-state index contributed by atoms with van der Waals surface area (Å²) in [7, 11) is 3.34. The Balaban J connectivity index is 2.54. The lowest BCUT2D eigenvalue weighted by Crippen LogP contribution is -2.34. The van der Waals surface area contributed by atoms with Crippen molar-refractivity contribution in [2.24, 2.45) is 5.41 Å². The molecule has 0 saturated heterocycles. The van der Waals surface area contributed by atoms with Gasteiger partial charge in [0.2, 0.25) is 0 Å². The molecule has 1 nitrogen and oxygen atoms in total. The molecular weight excluding hydrogens is 155 g/mol. The lowest BCUT2D eigenvalue weighted by molar-refractivity contribution is -0.190. The van der Waals surface area contributed by atoms with E-state index in [1.165, 1.54) is 0 Å². The Morgan fingerprint density at radius 2 is 1.73 bits per heavy atom.